The van der Waals surface area contributed by atoms with Crippen LogP contribution in [0.2, 0.25) is 0 Å². The molecule has 142 valence electrons. The highest BCUT2D eigenvalue weighted by Gasteiger charge is 2.31. The molecule has 2 aromatic carbocycles. The Morgan fingerprint density at radius 2 is 1.96 bits per heavy atom. The number of amides is 2. The molecular weight excluding hydrogens is 364 g/mol. The molecule has 0 aliphatic carbocycles. The summed E-state index contributed by atoms with van der Waals surface area (Å²) in [4.78, 5) is 14.7. The van der Waals surface area contributed by atoms with E-state index in [0.717, 1.165) is 34.3 Å². The predicted molar refractivity (Wildman–Crippen MR) is 106 cm³/mol. The summed E-state index contributed by atoms with van der Waals surface area (Å²) in [5.74, 6) is 3.20. The van der Waals surface area contributed by atoms with E-state index in [-0.39, 0.29) is 11.4 Å². The standard InChI is InChI=1S/C20H22N2O4S/c1-2-24-16-6-4-15(5-7-16)21-20(23)22-9-12-27-19(22)14-3-8-17-18(13-14)26-11-10-25-17/h3-8,13,19H,2,9-12H2,1H3,(H,21,23)/t19-/m0/s1. The minimum absolute atomic E-state index is 0.0384. The molecular formula is C20H22N2O4S. The fraction of sp³-hybridized carbons (Fsp3) is 0.350. The first-order valence-corrected chi connectivity index (χ1v) is 10.1. The highest BCUT2D eigenvalue weighted by Crippen LogP contribution is 2.41. The summed E-state index contributed by atoms with van der Waals surface area (Å²) < 4.78 is 16.7. The molecule has 0 aromatic heterocycles. The number of urea groups is 1. The smallest absolute Gasteiger partial charge is 0.323 e. The van der Waals surface area contributed by atoms with E-state index in [1.165, 1.54) is 0 Å². The maximum atomic E-state index is 12.8. The molecule has 2 heterocycles. The second-order valence-corrected chi connectivity index (χ2v) is 7.40. The highest BCUT2D eigenvalue weighted by molar-refractivity contribution is 7.99. The molecule has 0 unspecified atom stereocenters. The third-order valence-corrected chi connectivity index (χ3v) is 5.68. The van der Waals surface area contributed by atoms with E-state index in [1.807, 2.05) is 54.3 Å². The van der Waals surface area contributed by atoms with Gasteiger partial charge in [-0.1, -0.05) is 6.07 Å². The van der Waals surface area contributed by atoms with Crippen molar-refractivity contribution in [3.05, 3.63) is 48.0 Å². The molecule has 2 aliphatic rings. The van der Waals surface area contributed by atoms with Gasteiger partial charge in [0, 0.05) is 18.0 Å². The number of nitrogens with one attached hydrogen (secondary N) is 1. The Morgan fingerprint density at radius 1 is 1.19 bits per heavy atom. The van der Waals surface area contributed by atoms with Crippen molar-refractivity contribution in [1.29, 1.82) is 0 Å². The van der Waals surface area contributed by atoms with Crippen molar-refractivity contribution >= 4 is 23.5 Å². The number of nitrogens with zero attached hydrogens (tertiary/aromatic N) is 1. The van der Waals surface area contributed by atoms with Gasteiger partial charge in [-0.2, -0.15) is 0 Å². The quantitative estimate of drug-likeness (QED) is 0.856. The zero-order valence-corrected chi connectivity index (χ0v) is 16.0. The molecule has 2 aliphatic heterocycles. The molecule has 1 saturated heterocycles. The average Bonchev–Trinajstić information content (AvgIpc) is 3.19. The number of hydrogen-bond acceptors (Lipinski definition) is 5. The highest BCUT2D eigenvalue weighted by atomic mass is 32.2. The number of carbonyl (C=O) groups excluding carboxylic acids is 1. The van der Waals surface area contributed by atoms with Gasteiger partial charge in [-0.05, 0) is 48.9 Å². The van der Waals surface area contributed by atoms with E-state index >= 15 is 0 Å². The largest absolute Gasteiger partial charge is 0.494 e. The van der Waals surface area contributed by atoms with Crippen molar-refractivity contribution in [3.63, 3.8) is 0 Å². The molecule has 0 bridgehead atoms. The number of anilines is 1. The van der Waals surface area contributed by atoms with E-state index in [9.17, 15) is 4.79 Å². The van der Waals surface area contributed by atoms with Crippen molar-refractivity contribution in [1.82, 2.24) is 4.90 Å². The fourth-order valence-corrected chi connectivity index (χ4v) is 4.41. The summed E-state index contributed by atoms with van der Waals surface area (Å²) in [6.45, 7) is 4.39. The molecule has 4 rings (SSSR count). The van der Waals surface area contributed by atoms with Crippen molar-refractivity contribution in [2.24, 2.45) is 0 Å². The topological polar surface area (TPSA) is 60.0 Å². The molecule has 1 fully saturated rings. The van der Waals surface area contributed by atoms with Gasteiger partial charge < -0.3 is 24.4 Å². The Hall–Kier alpha value is -2.54. The third kappa shape index (κ3) is 3.93. The number of thioether (sulfide) groups is 1. The lowest BCUT2D eigenvalue weighted by Gasteiger charge is -2.26. The SMILES string of the molecule is CCOc1ccc(NC(=O)N2CCS[C@H]2c2ccc3c(c2)OCCO3)cc1. The zero-order chi connectivity index (χ0) is 18.6. The van der Waals surface area contributed by atoms with Crippen LogP contribution in [0.5, 0.6) is 17.2 Å². The predicted octanol–water partition coefficient (Wildman–Crippen LogP) is 4.14. The van der Waals surface area contributed by atoms with Gasteiger partial charge in [0.1, 0.15) is 24.3 Å². The molecule has 1 atom stereocenters. The van der Waals surface area contributed by atoms with Gasteiger partial charge in [0.05, 0.1) is 6.61 Å². The zero-order valence-electron chi connectivity index (χ0n) is 15.1. The lowest BCUT2D eigenvalue weighted by atomic mass is 10.1. The monoisotopic (exact) mass is 386 g/mol. The van der Waals surface area contributed by atoms with Crippen LogP contribution in [0.1, 0.15) is 17.9 Å². The van der Waals surface area contributed by atoms with Crippen LogP contribution in [0.3, 0.4) is 0 Å². The lowest BCUT2D eigenvalue weighted by molar-refractivity contribution is 0.171. The maximum Gasteiger partial charge on any atom is 0.323 e. The first-order valence-electron chi connectivity index (χ1n) is 9.06. The number of carbonyl (C=O) groups is 1. The summed E-state index contributed by atoms with van der Waals surface area (Å²) >= 11 is 1.75. The first-order chi connectivity index (χ1) is 13.2. The van der Waals surface area contributed by atoms with E-state index in [4.69, 9.17) is 14.2 Å². The van der Waals surface area contributed by atoms with Crippen LogP contribution in [-0.4, -0.2) is 43.0 Å². The number of rotatable bonds is 4. The molecule has 0 spiro atoms. The molecule has 7 heteroatoms. The van der Waals surface area contributed by atoms with Crippen LogP contribution >= 0.6 is 11.8 Å². The van der Waals surface area contributed by atoms with Gasteiger partial charge in [-0.3, -0.25) is 0 Å². The summed E-state index contributed by atoms with van der Waals surface area (Å²) in [5, 5.41) is 2.94. The Bertz CT molecular complexity index is 812. The van der Waals surface area contributed by atoms with Gasteiger partial charge in [-0.15, -0.1) is 11.8 Å². The van der Waals surface area contributed by atoms with Crippen LogP contribution in [0.4, 0.5) is 10.5 Å². The Balaban J connectivity index is 1.46. The first kappa shape index (κ1) is 17.9. The van der Waals surface area contributed by atoms with E-state index in [1.54, 1.807) is 11.8 Å². The molecule has 27 heavy (non-hydrogen) atoms. The molecule has 2 aromatic rings. The van der Waals surface area contributed by atoms with Crippen molar-refractivity contribution < 1.29 is 19.0 Å². The van der Waals surface area contributed by atoms with Crippen LogP contribution in [0, 0.1) is 0 Å². The van der Waals surface area contributed by atoms with Gasteiger partial charge in [0.15, 0.2) is 11.5 Å². The van der Waals surface area contributed by atoms with Gasteiger partial charge in [0.25, 0.3) is 0 Å². The summed E-state index contributed by atoms with van der Waals surface area (Å²) in [5.41, 5.74) is 1.80. The van der Waals surface area contributed by atoms with Gasteiger partial charge in [-0.25, -0.2) is 4.79 Å². The van der Waals surface area contributed by atoms with Crippen molar-refractivity contribution in [2.45, 2.75) is 12.3 Å². The Labute approximate surface area is 162 Å². The number of ether oxygens (including phenoxy) is 3. The molecule has 0 radical (unpaired) electrons. The number of fused-ring (bicyclic) bond motifs is 1. The summed E-state index contributed by atoms with van der Waals surface area (Å²) in [7, 11) is 0. The second kappa shape index (κ2) is 8.00. The Kier molecular flexibility index (Phi) is 5.29. The number of hydrogen-bond donors (Lipinski definition) is 1. The number of benzene rings is 2. The average molecular weight is 386 g/mol. The van der Waals surface area contributed by atoms with Crippen LogP contribution in [0.25, 0.3) is 0 Å². The molecule has 0 saturated carbocycles. The van der Waals surface area contributed by atoms with Gasteiger partial charge in [0.2, 0.25) is 0 Å². The lowest BCUT2D eigenvalue weighted by Crippen LogP contribution is -2.34. The Morgan fingerprint density at radius 3 is 2.74 bits per heavy atom. The van der Waals surface area contributed by atoms with E-state index in [0.29, 0.717) is 26.4 Å². The normalized spacial score (nSPS) is 18.3. The minimum Gasteiger partial charge on any atom is -0.494 e. The van der Waals surface area contributed by atoms with Crippen LogP contribution in [-0.2, 0) is 0 Å². The van der Waals surface area contributed by atoms with E-state index in [2.05, 4.69) is 5.32 Å². The van der Waals surface area contributed by atoms with Crippen LogP contribution < -0.4 is 19.5 Å². The van der Waals surface area contributed by atoms with Crippen molar-refractivity contribution in [3.8, 4) is 17.2 Å². The third-order valence-electron chi connectivity index (χ3n) is 4.42. The molecule has 2 amide bonds. The molecule has 6 nitrogen and oxygen atoms in total. The second-order valence-electron chi connectivity index (χ2n) is 6.21. The van der Waals surface area contributed by atoms with Crippen LogP contribution in [0.15, 0.2) is 42.5 Å². The van der Waals surface area contributed by atoms with Gasteiger partial charge >= 0.3 is 6.03 Å². The fourth-order valence-electron chi connectivity index (χ4n) is 3.16. The molecule has 1 N–H and O–H groups in total. The summed E-state index contributed by atoms with van der Waals surface area (Å²) in [6, 6.07) is 13.2. The maximum absolute atomic E-state index is 12.8. The van der Waals surface area contributed by atoms with Crippen molar-refractivity contribution in [2.75, 3.05) is 37.4 Å². The summed E-state index contributed by atoms with van der Waals surface area (Å²) in [6.07, 6.45) is 0. The van der Waals surface area contributed by atoms with E-state index < -0.39 is 0 Å². The minimum atomic E-state index is -0.107.